The number of sulfone groups is 1. The molecule has 0 radical (unpaired) electrons. The molecule has 2 rings (SSSR count). The summed E-state index contributed by atoms with van der Waals surface area (Å²) in [7, 11) is -2.99. The molecular weight excluding hydrogens is 222 g/mol. The summed E-state index contributed by atoms with van der Waals surface area (Å²) in [4.78, 5) is 0. The van der Waals surface area contributed by atoms with Gasteiger partial charge in [0.15, 0.2) is 9.84 Å². The molecule has 88 valence electrons. The van der Waals surface area contributed by atoms with E-state index in [4.69, 9.17) is 0 Å². The molecule has 0 aromatic heterocycles. The fraction of sp³-hybridized carbons (Fsp3) is 0.500. The van der Waals surface area contributed by atoms with Crippen molar-refractivity contribution in [3.8, 4) is 0 Å². The third-order valence-electron chi connectivity index (χ3n) is 2.97. The van der Waals surface area contributed by atoms with Crippen molar-refractivity contribution in [1.82, 2.24) is 0 Å². The van der Waals surface area contributed by atoms with Gasteiger partial charge in [0, 0.05) is 12.2 Å². The summed E-state index contributed by atoms with van der Waals surface area (Å²) in [5.74, 6) is 0.151. The van der Waals surface area contributed by atoms with Crippen LogP contribution in [0.25, 0.3) is 0 Å². The van der Waals surface area contributed by atoms with Crippen molar-refractivity contribution in [2.24, 2.45) is 0 Å². The fourth-order valence-corrected chi connectivity index (χ4v) is 2.82. The molecule has 0 aliphatic carbocycles. The average Bonchev–Trinajstić information content (AvgIpc) is 2.63. The highest BCUT2D eigenvalue weighted by molar-refractivity contribution is 7.91. The highest BCUT2D eigenvalue weighted by atomic mass is 32.2. The monoisotopic (exact) mass is 239 g/mol. The van der Waals surface area contributed by atoms with Crippen LogP contribution in [0.2, 0.25) is 0 Å². The summed E-state index contributed by atoms with van der Waals surface area (Å²) >= 11 is 0. The van der Waals surface area contributed by atoms with E-state index < -0.39 is 9.84 Å². The Bertz CT molecular complexity index is 492. The van der Waals surface area contributed by atoms with Crippen molar-refractivity contribution in [1.29, 1.82) is 0 Å². The molecule has 1 aromatic carbocycles. The van der Waals surface area contributed by atoms with Crippen LogP contribution in [0.5, 0.6) is 0 Å². The molecule has 0 spiro atoms. The van der Waals surface area contributed by atoms with Crippen LogP contribution in [-0.2, 0) is 22.0 Å². The van der Waals surface area contributed by atoms with Gasteiger partial charge in [0.2, 0.25) is 0 Å². The third kappa shape index (κ3) is 2.21. The van der Waals surface area contributed by atoms with Gasteiger partial charge < -0.3 is 5.32 Å². The second-order valence-electron chi connectivity index (χ2n) is 4.52. The smallest absolute Gasteiger partial charge is 0.156 e. The van der Waals surface area contributed by atoms with E-state index in [9.17, 15) is 8.42 Å². The maximum Gasteiger partial charge on any atom is 0.156 e. The Morgan fingerprint density at radius 2 is 2.12 bits per heavy atom. The lowest BCUT2D eigenvalue weighted by Crippen LogP contribution is -2.16. The lowest BCUT2D eigenvalue weighted by atomic mass is 10.1. The average molecular weight is 239 g/mol. The zero-order chi connectivity index (χ0) is 11.8. The highest BCUT2D eigenvalue weighted by Crippen LogP contribution is 2.24. The zero-order valence-corrected chi connectivity index (χ0v) is 10.5. The molecule has 0 amide bonds. The van der Waals surface area contributed by atoms with E-state index in [1.54, 1.807) is 13.8 Å². The minimum Gasteiger partial charge on any atom is -0.384 e. The molecule has 0 saturated heterocycles. The molecule has 1 aliphatic rings. The normalized spacial score (nSPS) is 14.9. The zero-order valence-electron chi connectivity index (χ0n) is 9.66. The topological polar surface area (TPSA) is 46.2 Å². The van der Waals surface area contributed by atoms with Gasteiger partial charge >= 0.3 is 0 Å². The molecule has 0 saturated carbocycles. The van der Waals surface area contributed by atoms with Gasteiger partial charge in [0.05, 0.1) is 11.0 Å². The summed E-state index contributed by atoms with van der Waals surface area (Å²) in [5, 5.41) is 2.96. The van der Waals surface area contributed by atoms with Gasteiger partial charge in [0.1, 0.15) is 0 Å². The Kier molecular flexibility index (Phi) is 2.93. The summed E-state index contributed by atoms with van der Waals surface area (Å²) in [6, 6.07) is 5.89. The van der Waals surface area contributed by atoms with E-state index >= 15 is 0 Å². The Morgan fingerprint density at radius 1 is 1.38 bits per heavy atom. The Hall–Kier alpha value is -1.03. The van der Waals surface area contributed by atoms with Gasteiger partial charge in [-0.25, -0.2) is 8.42 Å². The van der Waals surface area contributed by atoms with Crippen molar-refractivity contribution in [3.63, 3.8) is 0 Å². The first-order chi connectivity index (χ1) is 7.49. The molecule has 1 heterocycles. The quantitative estimate of drug-likeness (QED) is 0.877. The first-order valence-electron chi connectivity index (χ1n) is 5.56. The molecule has 1 aliphatic heterocycles. The Morgan fingerprint density at radius 3 is 2.81 bits per heavy atom. The minimum absolute atomic E-state index is 0.151. The summed E-state index contributed by atoms with van der Waals surface area (Å²) < 4.78 is 23.6. The maximum absolute atomic E-state index is 11.8. The highest BCUT2D eigenvalue weighted by Gasteiger charge is 2.18. The third-order valence-corrected chi connectivity index (χ3v) is 5.14. The van der Waals surface area contributed by atoms with Gasteiger partial charge in [-0.1, -0.05) is 12.1 Å². The molecule has 4 heteroatoms. The molecule has 0 unspecified atom stereocenters. The standard InChI is InChI=1S/C12H17NO2S/c1-9(2)16(14,15)8-10-3-4-12-11(7-10)5-6-13-12/h3-4,7,9,13H,5-6,8H2,1-2H3. The Labute approximate surface area is 96.8 Å². The number of anilines is 1. The molecule has 0 atom stereocenters. The van der Waals surface area contributed by atoms with Gasteiger partial charge in [-0.15, -0.1) is 0 Å². The number of fused-ring (bicyclic) bond motifs is 1. The van der Waals surface area contributed by atoms with E-state index in [2.05, 4.69) is 5.32 Å². The minimum atomic E-state index is -2.99. The van der Waals surface area contributed by atoms with E-state index in [-0.39, 0.29) is 11.0 Å². The van der Waals surface area contributed by atoms with E-state index in [0.29, 0.717) is 0 Å². The largest absolute Gasteiger partial charge is 0.384 e. The SMILES string of the molecule is CC(C)S(=O)(=O)Cc1ccc2c(c1)CCN2. The van der Waals surface area contributed by atoms with Crippen molar-refractivity contribution >= 4 is 15.5 Å². The van der Waals surface area contributed by atoms with E-state index in [0.717, 1.165) is 24.2 Å². The van der Waals surface area contributed by atoms with Crippen LogP contribution in [-0.4, -0.2) is 20.2 Å². The first-order valence-corrected chi connectivity index (χ1v) is 7.28. The molecule has 0 bridgehead atoms. The van der Waals surface area contributed by atoms with Crippen molar-refractivity contribution in [2.45, 2.75) is 31.3 Å². The number of rotatable bonds is 3. The van der Waals surface area contributed by atoms with Crippen molar-refractivity contribution in [2.75, 3.05) is 11.9 Å². The molecule has 1 N–H and O–H groups in total. The number of hydrogen-bond acceptors (Lipinski definition) is 3. The van der Waals surface area contributed by atoms with Crippen molar-refractivity contribution < 1.29 is 8.42 Å². The lowest BCUT2D eigenvalue weighted by Gasteiger charge is -2.08. The molecule has 1 aromatic rings. The predicted molar refractivity (Wildman–Crippen MR) is 66.4 cm³/mol. The van der Waals surface area contributed by atoms with Gasteiger partial charge in [-0.3, -0.25) is 0 Å². The summed E-state index contributed by atoms with van der Waals surface area (Å²) in [6.07, 6.45) is 0.991. The number of hydrogen-bond donors (Lipinski definition) is 1. The molecule has 16 heavy (non-hydrogen) atoms. The van der Waals surface area contributed by atoms with Crippen LogP contribution < -0.4 is 5.32 Å². The van der Waals surface area contributed by atoms with Crippen LogP contribution >= 0.6 is 0 Å². The Balaban J connectivity index is 2.24. The van der Waals surface area contributed by atoms with Gasteiger partial charge in [-0.05, 0) is 37.5 Å². The van der Waals surface area contributed by atoms with Crippen LogP contribution in [0, 0.1) is 0 Å². The first kappa shape index (κ1) is 11.5. The van der Waals surface area contributed by atoms with Crippen LogP contribution in [0.3, 0.4) is 0 Å². The fourth-order valence-electron chi connectivity index (χ4n) is 1.85. The summed E-state index contributed by atoms with van der Waals surface area (Å²) in [5.41, 5.74) is 3.28. The maximum atomic E-state index is 11.8. The van der Waals surface area contributed by atoms with Crippen LogP contribution in [0.15, 0.2) is 18.2 Å². The van der Waals surface area contributed by atoms with E-state index in [1.165, 1.54) is 5.56 Å². The number of nitrogens with one attached hydrogen (secondary N) is 1. The molecular formula is C12H17NO2S. The lowest BCUT2D eigenvalue weighted by molar-refractivity contribution is 0.586. The van der Waals surface area contributed by atoms with Gasteiger partial charge in [0.25, 0.3) is 0 Å². The summed E-state index contributed by atoms with van der Waals surface area (Å²) in [6.45, 7) is 4.41. The number of benzene rings is 1. The van der Waals surface area contributed by atoms with Crippen LogP contribution in [0.1, 0.15) is 25.0 Å². The van der Waals surface area contributed by atoms with E-state index in [1.807, 2.05) is 18.2 Å². The second-order valence-corrected chi connectivity index (χ2v) is 7.08. The predicted octanol–water partition coefficient (Wildman–Crippen LogP) is 1.98. The van der Waals surface area contributed by atoms with Gasteiger partial charge in [-0.2, -0.15) is 0 Å². The molecule has 0 fully saturated rings. The van der Waals surface area contributed by atoms with Crippen LogP contribution in [0.4, 0.5) is 5.69 Å². The van der Waals surface area contributed by atoms with Crippen molar-refractivity contribution in [3.05, 3.63) is 29.3 Å². The second kappa shape index (κ2) is 4.09. The molecule has 3 nitrogen and oxygen atoms in total.